The van der Waals surface area contributed by atoms with Crippen molar-refractivity contribution in [1.29, 1.82) is 0 Å². The van der Waals surface area contributed by atoms with E-state index in [1.165, 1.54) is 0 Å². The third-order valence-corrected chi connectivity index (χ3v) is 2.78. The Kier molecular flexibility index (Phi) is 2.38. The summed E-state index contributed by atoms with van der Waals surface area (Å²) in [7, 11) is 0. The summed E-state index contributed by atoms with van der Waals surface area (Å²) in [4.78, 5) is 5.45. The molecule has 0 saturated heterocycles. The maximum atomic E-state index is 5.58. The van der Waals surface area contributed by atoms with Crippen LogP contribution < -0.4 is 0 Å². The van der Waals surface area contributed by atoms with E-state index in [-0.39, 0.29) is 0 Å². The maximum Gasteiger partial charge on any atom is 0.194 e. The van der Waals surface area contributed by atoms with Gasteiger partial charge in [-0.15, -0.1) is 22.9 Å². The zero-order chi connectivity index (χ0) is 9.26. The van der Waals surface area contributed by atoms with Crippen molar-refractivity contribution in [3.63, 3.8) is 0 Å². The molecule has 2 nitrogen and oxygen atoms in total. The number of hydrogen-bond donors (Lipinski definition) is 0. The molecule has 0 unspecified atom stereocenters. The zero-order valence-corrected chi connectivity index (χ0v) is 8.77. The summed E-state index contributed by atoms with van der Waals surface area (Å²) in [5, 5.41) is 2.03. The number of alkyl halides is 1. The van der Waals surface area contributed by atoms with Gasteiger partial charge in [-0.25, -0.2) is 4.98 Å². The van der Waals surface area contributed by atoms with Crippen LogP contribution in [0.4, 0.5) is 0 Å². The van der Waals surface area contributed by atoms with Crippen LogP contribution in [0.25, 0.3) is 11.0 Å². The van der Waals surface area contributed by atoms with E-state index >= 15 is 0 Å². The standard InChI is InChI=1S/C9H9ClN2S/c1-7-8(3-2-4-10)12-5-6-13-9(12)11-7/h2-3,5-6H,4H2,1H3. The number of thiazole rings is 1. The van der Waals surface area contributed by atoms with Gasteiger partial charge in [0.1, 0.15) is 0 Å². The van der Waals surface area contributed by atoms with Gasteiger partial charge in [-0.1, -0.05) is 6.08 Å². The molecule has 0 spiro atoms. The Morgan fingerprint density at radius 1 is 1.69 bits per heavy atom. The van der Waals surface area contributed by atoms with E-state index in [1.54, 1.807) is 11.3 Å². The molecular weight excluding hydrogens is 204 g/mol. The van der Waals surface area contributed by atoms with E-state index in [0.29, 0.717) is 5.88 Å². The molecule has 0 radical (unpaired) electrons. The van der Waals surface area contributed by atoms with Crippen LogP contribution in [0.3, 0.4) is 0 Å². The smallest absolute Gasteiger partial charge is 0.194 e. The predicted octanol–water partition coefficient (Wildman–Crippen LogP) is 2.96. The van der Waals surface area contributed by atoms with Gasteiger partial charge in [0, 0.05) is 17.5 Å². The molecule has 0 bridgehead atoms. The second kappa shape index (κ2) is 3.52. The third kappa shape index (κ3) is 1.49. The second-order valence-electron chi connectivity index (χ2n) is 2.69. The minimum atomic E-state index is 0.539. The zero-order valence-electron chi connectivity index (χ0n) is 7.20. The topological polar surface area (TPSA) is 17.3 Å². The first-order valence-corrected chi connectivity index (χ1v) is 5.39. The van der Waals surface area contributed by atoms with Crippen molar-refractivity contribution in [2.75, 3.05) is 5.88 Å². The largest absolute Gasteiger partial charge is 0.291 e. The number of allylic oxidation sites excluding steroid dienone is 1. The highest BCUT2D eigenvalue weighted by Gasteiger charge is 2.05. The molecule has 68 valence electrons. The van der Waals surface area contributed by atoms with E-state index in [1.807, 2.05) is 30.7 Å². The Hall–Kier alpha value is -0.800. The SMILES string of the molecule is Cc1nc2sccn2c1C=CCCl. The lowest BCUT2D eigenvalue weighted by Crippen LogP contribution is -1.82. The van der Waals surface area contributed by atoms with E-state index in [0.717, 1.165) is 16.3 Å². The van der Waals surface area contributed by atoms with Crippen molar-refractivity contribution >= 4 is 34.0 Å². The number of aryl methyl sites for hydroxylation is 1. The maximum absolute atomic E-state index is 5.58. The predicted molar refractivity (Wildman–Crippen MR) is 57.6 cm³/mol. The number of hydrogen-bond acceptors (Lipinski definition) is 2. The Labute approximate surface area is 85.5 Å². The van der Waals surface area contributed by atoms with Crippen LogP contribution in [0.15, 0.2) is 17.7 Å². The minimum Gasteiger partial charge on any atom is -0.291 e. The number of rotatable bonds is 2. The molecule has 0 N–H and O–H groups in total. The lowest BCUT2D eigenvalue weighted by Gasteiger charge is -1.90. The molecule has 2 rings (SSSR count). The van der Waals surface area contributed by atoms with Crippen LogP contribution >= 0.6 is 22.9 Å². The van der Waals surface area contributed by atoms with Gasteiger partial charge in [0.25, 0.3) is 0 Å². The van der Waals surface area contributed by atoms with Gasteiger partial charge in [-0.2, -0.15) is 0 Å². The number of aromatic nitrogens is 2. The summed E-state index contributed by atoms with van der Waals surface area (Å²) >= 11 is 7.22. The van der Waals surface area contributed by atoms with Crippen LogP contribution in [-0.2, 0) is 0 Å². The molecule has 0 aliphatic rings. The Morgan fingerprint density at radius 2 is 2.54 bits per heavy atom. The average Bonchev–Trinajstić information content (AvgIpc) is 2.62. The van der Waals surface area contributed by atoms with Crippen molar-refractivity contribution in [2.24, 2.45) is 0 Å². The highest BCUT2D eigenvalue weighted by molar-refractivity contribution is 7.15. The van der Waals surface area contributed by atoms with E-state index in [9.17, 15) is 0 Å². The molecule has 0 aliphatic carbocycles. The number of imidazole rings is 1. The summed E-state index contributed by atoms with van der Waals surface area (Å²) < 4.78 is 2.07. The summed E-state index contributed by atoms with van der Waals surface area (Å²) in [6.45, 7) is 2.01. The van der Waals surface area contributed by atoms with Crippen LogP contribution in [0, 0.1) is 6.92 Å². The molecule has 0 atom stereocenters. The van der Waals surface area contributed by atoms with Gasteiger partial charge in [-0.3, -0.25) is 4.40 Å². The summed E-state index contributed by atoms with van der Waals surface area (Å²) in [5.74, 6) is 0.539. The second-order valence-corrected chi connectivity index (χ2v) is 3.88. The Balaban J connectivity index is 2.57. The van der Waals surface area contributed by atoms with Crippen LogP contribution in [0.2, 0.25) is 0 Å². The highest BCUT2D eigenvalue weighted by atomic mass is 35.5. The monoisotopic (exact) mass is 212 g/mol. The molecule has 0 aromatic carbocycles. The quantitative estimate of drug-likeness (QED) is 0.700. The summed E-state index contributed by atoms with van der Waals surface area (Å²) in [6, 6.07) is 0. The normalized spacial score (nSPS) is 11.8. The summed E-state index contributed by atoms with van der Waals surface area (Å²) in [6.07, 6.45) is 5.96. The van der Waals surface area contributed by atoms with Crippen molar-refractivity contribution in [3.8, 4) is 0 Å². The van der Waals surface area contributed by atoms with Crippen molar-refractivity contribution in [2.45, 2.75) is 6.92 Å². The van der Waals surface area contributed by atoms with Crippen LogP contribution in [0.1, 0.15) is 11.4 Å². The number of fused-ring (bicyclic) bond motifs is 1. The van der Waals surface area contributed by atoms with Crippen molar-refractivity contribution < 1.29 is 0 Å². The molecule has 2 aromatic rings. The van der Waals surface area contributed by atoms with Crippen molar-refractivity contribution in [3.05, 3.63) is 29.0 Å². The Bertz CT molecular complexity index is 441. The van der Waals surface area contributed by atoms with E-state index in [4.69, 9.17) is 11.6 Å². The highest BCUT2D eigenvalue weighted by Crippen LogP contribution is 2.17. The first kappa shape index (κ1) is 8.78. The lowest BCUT2D eigenvalue weighted by atomic mass is 10.3. The van der Waals surface area contributed by atoms with Crippen LogP contribution in [-0.4, -0.2) is 15.3 Å². The fraction of sp³-hybridized carbons (Fsp3) is 0.222. The molecule has 2 aromatic heterocycles. The minimum absolute atomic E-state index is 0.539. The third-order valence-electron chi connectivity index (χ3n) is 1.85. The van der Waals surface area contributed by atoms with Gasteiger partial charge in [0.05, 0.1) is 11.4 Å². The van der Waals surface area contributed by atoms with Gasteiger partial charge in [0.2, 0.25) is 0 Å². The van der Waals surface area contributed by atoms with E-state index in [2.05, 4.69) is 9.38 Å². The van der Waals surface area contributed by atoms with Gasteiger partial charge < -0.3 is 0 Å². The molecule has 0 aliphatic heterocycles. The Morgan fingerprint density at radius 3 is 3.31 bits per heavy atom. The fourth-order valence-corrected chi connectivity index (χ4v) is 2.12. The number of halogens is 1. The first-order valence-electron chi connectivity index (χ1n) is 3.97. The molecule has 2 heterocycles. The fourth-order valence-electron chi connectivity index (χ4n) is 1.27. The molecular formula is C9H9ClN2S. The molecule has 13 heavy (non-hydrogen) atoms. The number of nitrogens with zero attached hydrogens (tertiary/aromatic N) is 2. The molecule has 0 saturated carbocycles. The molecule has 4 heteroatoms. The summed E-state index contributed by atoms with van der Waals surface area (Å²) in [5.41, 5.74) is 2.17. The van der Waals surface area contributed by atoms with Gasteiger partial charge in [-0.05, 0) is 13.0 Å². The van der Waals surface area contributed by atoms with Crippen LogP contribution in [0.5, 0.6) is 0 Å². The van der Waals surface area contributed by atoms with Gasteiger partial charge in [0.15, 0.2) is 4.96 Å². The van der Waals surface area contributed by atoms with Crippen molar-refractivity contribution in [1.82, 2.24) is 9.38 Å². The van der Waals surface area contributed by atoms with Gasteiger partial charge >= 0.3 is 0 Å². The molecule has 0 amide bonds. The first-order chi connectivity index (χ1) is 6.33. The van der Waals surface area contributed by atoms with E-state index < -0.39 is 0 Å². The molecule has 0 fully saturated rings. The lowest BCUT2D eigenvalue weighted by molar-refractivity contribution is 1.19. The average molecular weight is 213 g/mol.